The Balaban J connectivity index is 2.20. The number of aromatic nitrogens is 2. The van der Waals surface area contributed by atoms with Gasteiger partial charge in [-0.2, -0.15) is 0 Å². The Morgan fingerprint density at radius 2 is 2.00 bits per heavy atom. The average molecular weight is 297 g/mol. The highest BCUT2D eigenvalue weighted by Crippen LogP contribution is 2.28. The molecule has 102 valence electrons. The predicted molar refractivity (Wildman–Crippen MR) is 79.2 cm³/mol. The van der Waals surface area contributed by atoms with Crippen LogP contribution < -0.4 is 11.3 Å². The summed E-state index contributed by atoms with van der Waals surface area (Å²) < 4.78 is 4.04. The SMILES string of the molecule is CC(C)c1nnsc1C(Cc1ccc(Cl)cc1)NN. The molecule has 6 heteroatoms. The molecule has 0 saturated heterocycles. The Morgan fingerprint density at radius 1 is 1.32 bits per heavy atom. The van der Waals surface area contributed by atoms with Crippen molar-refractivity contribution in [2.45, 2.75) is 32.2 Å². The molecule has 0 saturated carbocycles. The van der Waals surface area contributed by atoms with Crippen LogP contribution in [0.2, 0.25) is 5.02 Å². The topological polar surface area (TPSA) is 63.8 Å². The second-order valence-electron chi connectivity index (χ2n) is 4.73. The van der Waals surface area contributed by atoms with Gasteiger partial charge in [0.2, 0.25) is 0 Å². The second-order valence-corrected chi connectivity index (χ2v) is 5.95. The molecule has 1 unspecified atom stereocenters. The number of benzene rings is 1. The molecule has 2 aromatic rings. The third-order valence-electron chi connectivity index (χ3n) is 2.96. The van der Waals surface area contributed by atoms with Crippen molar-refractivity contribution in [1.82, 2.24) is 15.0 Å². The molecule has 0 radical (unpaired) electrons. The summed E-state index contributed by atoms with van der Waals surface area (Å²) in [6.45, 7) is 4.21. The van der Waals surface area contributed by atoms with Gasteiger partial charge in [0.25, 0.3) is 0 Å². The van der Waals surface area contributed by atoms with Crippen molar-refractivity contribution in [3.8, 4) is 0 Å². The summed E-state index contributed by atoms with van der Waals surface area (Å²) in [5.74, 6) is 6.03. The first kappa shape index (κ1) is 14.4. The fraction of sp³-hybridized carbons (Fsp3) is 0.385. The van der Waals surface area contributed by atoms with Crippen LogP contribution in [0.4, 0.5) is 0 Å². The maximum absolute atomic E-state index is 5.89. The van der Waals surface area contributed by atoms with Crippen molar-refractivity contribution in [2.75, 3.05) is 0 Å². The summed E-state index contributed by atoms with van der Waals surface area (Å²) in [5.41, 5.74) is 5.05. The monoisotopic (exact) mass is 296 g/mol. The Hall–Kier alpha value is -1.01. The zero-order valence-electron chi connectivity index (χ0n) is 10.9. The van der Waals surface area contributed by atoms with Crippen LogP contribution in [-0.2, 0) is 6.42 Å². The largest absolute Gasteiger partial charge is 0.271 e. The first-order valence-electron chi connectivity index (χ1n) is 6.14. The van der Waals surface area contributed by atoms with Crippen LogP contribution in [0.1, 0.15) is 41.9 Å². The molecule has 0 amide bonds. The van der Waals surface area contributed by atoms with Crippen LogP contribution in [0.5, 0.6) is 0 Å². The van der Waals surface area contributed by atoms with E-state index in [4.69, 9.17) is 17.4 Å². The van der Waals surface area contributed by atoms with E-state index < -0.39 is 0 Å². The lowest BCUT2D eigenvalue weighted by atomic mass is 10.0. The van der Waals surface area contributed by atoms with Crippen LogP contribution in [0, 0.1) is 0 Å². The molecule has 0 bridgehead atoms. The summed E-state index contributed by atoms with van der Waals surface area (Å²) in [7, 11) is 0. The maximum atomic E-state index is 5.89. The van der Waals surface area contributed by atoms with Gasteiger partial charge in [-0.1, -0.05) is 42.1 Å². The van der Waals surface area contributed by atoms with E-state index in [0.717, 1.165) is 22.0 Å². The summed E-state index contributed by atoms with van der Waals surface area (Å²) in [6.07, 6.45) is 0.789. The molecule has 1 atom stereocenters. The van der Waals surface area contributed by atoms with Crippen molar-refractivity contribution < 1.29 is 0 Å². The van der Waals surface area contributed by atoms with Gasteiger partial charge in [-0.25, -0.2) is 0 Å². The van der Waals surface area contributed by atoms with E-state index in [0.29, 0.717) is 5.92 Å². The van der Waals surface area contributed by atoms with Gasteiger partial charge in [-0.3, -0.25) is 11.3 Å². The smallest absolute Gasteiger partial charge is 0.0829 e. The summed E-state index contributed by atoms with van der Waals surface area (Å²) >= 11 is 7.29. The third-order valence-corrected chi connectivity index (χ3v) is 4.06. The highest BCUT2D eigenvalue weighted by molar-refractivity contribution is 7.05. The average Bonchev–Trinajstić information content (AvgIpc) is 2.87. The van der Waals surface area contributed by atoms with Gasteiger partial charge in [-0.05, 0) is 41.6 Å². The second kappa shape index (κ2) is 6.43. The molecule has 19 heavy (non-hydrogen) atoms. The summed E-state index contributed by atoms with van der Waals surface area (Å²) in [4.78, 5) is 1.10. The first-order chi connectivity index (χ1) is 9.11. The number of hydrogen-bond donors (Lipinski definition) is 2. The minimum atomic E-state index is 0.0265. The summed E-state index contributed by atoms with van der Waals surface area (Å²) in [5, 5.41) is 4.93. The fourth-order valence-corrected chi connectivity index (χ4v) is 2.92. The van der Waals surface area contributed by atoms with Crippen molar-refractivity contribution in [3.05, 3.63) is 45.4 Å². The fourth-order valence-electron chi connectivity index (χ4n) is 1.93. The van der Waals surface area contributed by atoms with E-state index >= 15 is 0 Å². The standard InChI is InChI=1S/C13H17ClN4S/c1-8(2)12-13(19-18-17-12)11(16-15)7-9-3-5-10(14)6-4-9/h3-6,8,11,16H,7,15H2,1-2H3. The van der Waals surface area contributed by atoms with Gasteiger partial charge in [0.15, 0.2) is 0 Å². The lowest BCUT2D eigenvalue weighted by Gasteiger charge is -2.16. The molecule has 0 aliphatic rings. The number of halogens is 1. The highest BCUT2D eigenvalue weighted by atomic mass is 35.5. The molecule has 0 aliphatic heterocycles. The van der Waals surface area contributed by atoms with E-state index in [2.05, 4.69) is 28.9 Å². The molecule has 4 nitrogen and oxygen atoms in total. The van der Waals surface area contributed by atoms with Crippen molar-refractivity contribution in [2.24, 2.45) is 5.84 Å². The van der Waals surface area contributed by atoms with Crippen LogP contribution in [-0.4, -0.2) is 9.59 Å². The van der Waals surface area contributed by atoms with Crippen molar-refractivity contribution in [3.63, 3.8) is 0 Å². The highest BCUT2D eigenvalue weighted by Gasteiger charge is 2.20. The predicted octanol–water partition coefficient (Wildman–Crippen LogP) is 3.06. The van der Waals surface area contributed by atoms with Gasteiger partial charge in [0.1, 0.15) is 0 Å². The molecule has 0 aliphatic carbocycles. The van der Waals surface area contributed by atoms with E-state index in [-0.39, 0.29) is 6.04 Å². The van der Waals surface area contributed by atoms with E-state index in [1.165, 1.54) is 17.1 Å². The molecular formula is C13H17ClN4S. The van der Waals surface area contributed by atoms with Crippen molar-refractivity contribution >= 4 is 23.1 Å². The first-order valence-corrected chi connectivity index (χ1v) is 7.29. The molecular weight excluding hydrogens is 280 g/mol. The zero-order valence-corrected chi connectivity index (χ0v) is 12.5. The third kappa shape index (κ3) is 3.51. The van der Waals surface area contributed by atoms with Crippen LogP contribution in [0.3, 0.4) is 0 Å². The quantitative estimate of drug-likeness (QED) is 0.657. The van der Waals surface area contributed by atoms with E-state index in [9.17, 15) is 0 Å². The van der Waals surface area contributed by atoms with E-state index in [1.54, 1.807) is 0 Å². The summed E-state index contributed by atoms with van der Waals surface area (Å²) in [6, 6.07) is 7.82. The maximum Gasteiger partial charge on any atom is 0.0829 e. The van der Waals surface area contributed by atoms with Crippen molar-refractivity contribution in [1.29, 1.82) is 0 Å². The number of rotatable bonds is 5. The number of nitrogens with one attached hydrogen (secondary N) is 1. The van der Waals surface area contributed by atoms with E-state index in [1.807, 2.05) is 24.3 Å². The van der Waals surface area contributed by atoms with Gasteiger partial charge >= 0.3 is 0 Å². The minimum absolute atomic E-state index is 0.0265. The number of hydrogen-bond acceptors (Lipinski definition) is 5. The molecule has 2 rings (SSSR count). The number of nitrogens with two attached hydrogens (primary N) is 1. The number of hydrazine groups is 1. The molecule has 0 fully saturated rings. The lowest BCUT2D eigenvalue weighted by molar-refractivity contribution is 0.551. The van der Waals surface area contributed by atoms with Gasteiger partial charge < -0.3 is 0 Å². The van der Waals surface area contributed by atoms with Crippen LogP contribution in [0.25, 0.3) is 0 Å². The molecule has 1 aromatic carbocycles. The van der Waals surface area contributed by atoms with Gasteiger partial charge in [-0.15, -0.1) is 5.10 Å². The molecule has 1 heterocycles. The Labute approximate surface area is 122 Å². The molecule has 1 aromatic heterocycles. The molecule has 3 N–H and O–H groups in total. The Morgan fingerprint density at radius 3 is 2.58 bits per heavy atom. The Kier molecular flexibility index (Phi) is 4.87. The zero-order chi connectivity index (χ0) is 13.8. The van der Waals surface area contributed by atoms with Gasteiger partial charge in [0.05, 0.1) is 16.6 Å². The lowest BCUT2D eigenvalue weighted by Crippen LogP contribution is -2.29. The number of nitrogens with zero attached hydrogens (tertiary/aromatic N) is 2. The van der Waals surface area contributed by atoms with Crippen LogP contribution in [0.15, 0.2) is 24.3 Å². The normalized spacial score (nSPS) is 12.9. The Bertz CT molecular complexity index is 524. The minimum Gasteiger partial charge on any atom is -0.271 e. The van der Waals surface area contributed by atoms with Gasteiger partial charge in [0, 0.05) is 5.02 Å². The molecule has 0 spiro atoms. The van der Waals surface area contributed by atoms with Crippen LogP contribution >= 0.6 is 23.1 Å².